The summed E-state index contributed by atoms with van der Waals surface area (Å²) in [5.41, 5.74) is 14.2. The number of hydrogen-bond donors (Lipinski definition) is 4. The van der Waals surface area contributed by atoms with Crippen molar-refractivity contribution in [3.8, 4) is 0 Å². The zero-order valence-electron chi connectivity index (χ0n) is 25.0. The Morgan fingerprint density at radius 3 is 2.40 bits per heavy atom. The molecular weight excluding hydrogens is 602 g/mol. The van der Waals surface area contributed by atoms with Crippen LogP contribution in [0.5, 0.6) is 0 Å². The number of fused-ring (bicyclic) bond motifs is 5. The van der Waals surface area contributed by atoms with Crippen LogP contribution < -0.4 is 16.8 Å². The summed E-state index contributed by atoms with van der Waals surface area (Å²) >= 11 is 0. The Labute approximate surface area is 267 Å². The molecule has 3 aliphatic carbocycles. The molecule has 0 aliphatic heterocycles. The van der Waals surface area contributed by atoms with Gasteiger partial charge in [0.1, 0.15) is 11.2 Å². The second-order valence-electron chi connectivity index (χ2n) is 11.5. The first kappa shape index (κ1) is 35.3. The van der Waals surface area contributed by atoms with Crippen molar-refractivity contribution in [2.75, 3.05) is 12.3 Å². The number of nitrogens with two attached hydrogens (primary N) is 2. The smallest absolute Gasteiger partial charge is 0.354 e. The maximum atomic E-state index is 12.5. The lowest BCUT2D eigenvalue weighted by molar-refractivity contribution is -0.166. The minimum absolute atomic E-state index is 0. The van der Waals surface area contributed by atoms with Crippen molar-refractivity contribution in [3.05, 3.63) is 53.3 Å². The molecule has 3 heterocycles. The lowest BCUT2D eigenvalue weighted by Crippen LogP contribution is -2.52. The van der Waals surface area contributed by atoms with Crippen LogP contribution in [0.3, 0.4) is 0 Å². The highest BCUT2D eigenvalue weighted by atomic mass is 35.5. The topological polar surface area (TPSA) is 201 Å². The molecule has 0 spiro atoms. The number of amides is 1. The lowest BCUT2D eigenvalue weighted by atomic mass is 9.52. The third kappa shape index (κ3) is 6.89. The minimum atomic E-state index is -1.24. The van der Waals surface area contributed by atoms with Gasteiger partial charge in [-0.2, -0.15) is 5.10 Å². The number of aryl methyl sites for hydroxylation is 1. The number of rotatable bonds is 7. The van der Waals surface area contributed by atoms with Gasteiger partial charge in [0.2, 0.25) is 0 Å². The Hall–Kier alpha value is -4.23. The fraction of sp³-hybridized carbons (Fsp3) is 0.484. The molecule has 244 valence electrons. The fourth-order valence-electron chi connectivity index (χ4n) is 6.21. The Balaban J connectivity index is 0.000000265. The Morgan fingerprint density at radius 1 is 1.13 bits per heavy atom. The number of carboxylic acids is 1. The Morgan fingerprint density at radius 2 is 1.80 bits per heavy atom. The zero-order chi connectivity index (χ0) is 30.9. The molecule has 1 atom stereocenters. The summed E-state index contributed by atoms with van der Waals surface area (Å²) in [4.78, 5) is 44.3. The van der Waals surface area contributed by atoms with Crippen LogP contribution in [-0.2, 0) is 16.1 Å². The standard InChI is InChI=1S/C17H14N6O4.C13H23NO2.CH4.ClH/c1-8-21-11-4-9(2-3-14(11)27-8)6-19-16(24)12-5-13(17(25)26)23-15(22-12)10(18)7-20-23;1-3-16-11(15)13-7-4-12(5-8-13,6-9-13)10(2)14;;/h2-5,7H,6,18H2,1H3,(H,19,24)(H,25,26);10H,3-9,14H2,1-2H3;1H4;1H. The predicted molar refractivity (Wildman–Crippen MR) is 171 cm³/mol. The molecule has 0 radical (unpaired) electrons. The molecule has 3 aliphatic rings. The van der Waals surface area contributed by atoms with Crippen molar-refractivity contribution < 1.29 is 28.6 Å². The van der Waals surface area contributed by atoms with Crippen molar-refractivity contribution in [2.24, 2.45) is 16.6 Å². The number of aromatic carboxylic acids is 1. The van der Waals surface area contributed by atoms with Gasteiger partial charge in [0.15, 0.2) is 22.8 Å². The van der Waals surface area contributed by atoms with Crippen LogP contribution in [0.25, 0.3) is 16.7 Å². The molecule has 6 N–H and O–H groups in total. The van der Waals surface area contributed by atoms with E-state index in [1.54, 1.807) is 19.1 Å². The second-order valence-corrected chi connectivity index (χ2v) is 11.5. The van der Waals surface area contributed by atoms with Gasteiger partial charge >= 0.3 is 11.9 Å². The van der Waals surface area contributed by atoms with E-state index in [2.05, 4.69) is 27.3 Å². The molecule has 1 unspecified atom stereocenters. The Bertz CT molecular complexity index is 1670. The van der Waals surface area contributed by atoms with Gasteiger partial charge in [-0.25, -0.2) is 19.3 Å². The number of carbonyl (C=O) groups is 3. The summed E-state index contributed by atoms with van der Waals surface area (Å²) in [5, 5.41) is 15.9. The molecule has 3 aromatic heterocycles. The second kappa shape index (κ2) is 13.8. The molecule has 3 saturated carbocycles. The SMILES string of the molecule is C.CCOC(=O)C12CCC(C(C)N)(CC1)CC2.Cc1nc2cc(CNC(=O)c3cc(C(=O)O)n4ncc(N)c4n3)ccc2o1.Cl. The van der Waals surface area contributed by atoms with Crippen LogP contribution in [0, 0.1) is 17.8 Å². The van der Waals surface area contributed by atoms with Gasteiger partial charge in [-0.1, -0.05) is 13.5 Å². The van der Waals surface area contributed by atoms with Gasteiger partial charge < -0.3 is 31.0 Å². The number of halogens is 1. The molecule has 4 aromatic rings. The number of carbonyl (C=O) groups excluding carboxylic acids is 2. The molecule has 14 heteroatoms. The molecule has 0 saturated heterocycles. The summed E-state index contributed by atoms with van der Waals surface area (Å²) in [7, 11) is 0. The highest BCUT2D eigenvalue weighted by Gasteiger charge is 2.54. The maximum Gasteiger partial charge on any atom is 0.354 e. The molecule has 3 fully saturated rings. The summed E-state index contributed by atoms with van der Waals surface area (Å²) in [6.07, 6.45) is 7.52. The lowest BCUT2D eigenvalue weighted by Gasteiger charge is -2.53. The molecule has 13 nitrogen and oxygen atoms in total. The maximum absolute atomic E-state index is 12.5. The van der Waals surface area contributed by atoms with Gasteiger partial charge in [0.05, 0.1) is 23.9 Å². The number of hydrogen-bond acceptors (Lipinski definition) is 10. The number of nitrogen functional groups attached to an aromatic ring is 1. The normalized spacial score (nSPS) is 20.7. The van der Waals surface area contributed by atoms with Crippen molar-refractivity contribution in [1.29, 1.82) is 0 Å². The Kier molecular flexibility index (Phi) is 10.8. The number of aromatic nitrogens is 4. The van der Waals surface area contributed by atoms with E-state index in [1.165, 1.54) is 6.20 Å². The molecule has 7 rings (SSSR count). The first-order chi connectivity index (χ1) is 20.5. The van der Waals surface area contributed by atoms with E-state index in [9.17, 15) is 19.5 Å². The average molecular weight is 644 g/mol. The summed E-state index contributed by atoms with van der Waals surface area (Å²) in [5.74, 6) is -1.18. The third-order valence-electron chi connectivity index (χ3n) is 8.94. The predicted octanol–water partition coefficient (Wildman–Crippen LogP) is 4.68. The number of ether oxygens (including phenoxy) is 1. The quantitative estimate of drug-likeness (QED) is 0.204. The first-order valence-electron chi connectivity index (χ1n) is 14.4. The number of nitrogens with zero attached hydrogens (tertiary/aromatic N) is 4. The summed E-state index contributed by atoms with van der Waals surface area (Å²) in [6.45, 7) is 6.46. The number of benzene rings is 1. The zero-order valence-corrected chi connectivity index (χ0v) is 25.8. The van der Waals surface area contributed by atoms with E-state index >= 15 is 0 Å². The van der Waals surface area contributed by atoms with Gasteiger partial charge in [0.25, 0.3) is 5.91 Å². The number of oxazole rings is 1. The van der Waals surface area contributed by atoms with Crippen molar-refractivity contribution in [1.82, 2.24) is 24.9 Å². The van der Waals surface area contributed by atoms with Gasteiger partial charge in [-0.05, 0) is 75.5 Å². The number of nitrogens with one attached hydrogen (secondary N) is 1. The van der Waals surface area contributed by atoms with Crippen LogP contribution in [-0.4, -0.2) is 55.2 Å². The highest BCUT2D eigenvalue weighted by molar-refractivity contribution is 5.96. The third-order valence-corrected chi connectivity index (χ3v) is 8.94. The average Bonchev–Trinajstić information content (AvgIpc) is 3.57. The van der Waals surface area contributed by atoms with Crippen LogP contribution >= 0.6 is 12.4 Å². The molecule has 1 amide bonds. The van der Waals surface area contributed by atoms with Gasteiger partial charge in [-0.15, -0.1) is 12.4 Å². The highest BCUT2D eigenvalue weighted by Crippen LogP contribution is 2.58. The van der Waals surface area contributed by atoms with Gasteiger partial charge in [0, 0.05) is 25.6 Å². The molecule has 45 heavy (non-hydrogen) atoms. The summed E-state index contributed by atoms with van der Waals surface area (Å²) in [6, 6.07) is 6.80. The number of carboxylic acid groups (broad SMARTS) is 1. The van der Waals surface area contributed by atoms with Crippen LogP contribution in [0.4, 0.5) is 5.69 Å². The van der Waals surface area contributed by atoms with Crippen LogP contribution in [0.15, 0.2) is 34.9 Å². The van der Waals surface area contributed by atoms with Crippen molar-refractivity contribution in [2.45, 2.75) is 79.3 Å². The van der Waals surface area contributed by atoms with Crippen LogP contribution in [0.2, 0.25) is 0 Å². The molecule has 2 bridgehead atoms. The first-order valence-corrected chi connectivity index (χ1v) is 14.4. The van der Waals surface area contributed by atoms with Crippen LogP contribution in [0.1, 0.15) is 92.2 Å². The summed E-state index contributed by atoms with van der Waals surface area (Å²) < 4.78 is 11.7. The van der Waals surface area contributed by atoms with Gasteiger partial charge in [-0.3, -0.25) is 9.59 Å². The minimum Gasteiger partial charge on any atom is -0.477 e. The van der Waals surface area contributed by atoms with Crippen molar-refractivity contribution >= 4 is 52.7 Å². The number of esters is 1. The van der Waals surface area contributed by atoms with E-state index in [0.29, 0.717) is 29.0 Å². The van der Waals surface area contributed by atoms with E-state index < -0.39 is 11.9 Å². The monoisotopic (exact) mass is 643 g/mol. The van der Waals surface area contributed by atoms with E-state index in [1.807, 2.05) is 13.0 Å². The fourth-order valence-corrected chi connectivity index (χ4v) is 6.21. The van der Waals surface area contributed by atoms with Crippen molar-refractivity contribution in [3.63, 3.8) is 0 Å². The number of anilines is 1. The molecular formula is C31H42ClN7O6. The molecule has 1 aromatic carbocycles. The van der Waals surface area contributed by atoms with E-state index in [-0.39, 0.29) is 66.5 Å². The van der Waals surface area contributed by atoms with E-state index in [0.717, 1.165) is 54.7 Å². The van der Waals surface area contributed by atoms with E-state index in [4.69, 9.17) is 20.6 Å². The largest absolute Gasteiger partial charge is 0.477 e.